The zero-order valence-corrected chi connectivity index (χ0v) is 13.6. The molecule has 0 aromatic rings. The molecule has 0 aliphatic carbocycles. The first-order chi connectivity index (χ1) is 9.83. The molecule has 2 rings (SSSR count). The first kappa shape index (κ1) is 16.1. The molecule has 0 saturated carbocycles. The van der Waals surface area contributed by atoms with Crippen molar-refractivity contribution in [3.63, 3.8) is 0 Å². The molecular formula is C15H28N4O2. The van der Waals surface area contributed by atoms with E-state index in [0.29, 0.717) is 25.7 Å². The third-order valence-corrected chi connectivity index (χ3v) is 4.97. The van der Waals surface area contributed by atoms with Crippen molar-refractivity contribution in [2.24, 2.45) is 5.41 Å². The van der Waals surface area contributed by atoms with Crippen LogP contribution in [0.2, 0.25) is 0 Å². The number of piperidine rings is 1. The van der Waals surface area contributed by atoms with Crippen LogP contribution in [0.5, 0.6) is 0 Å². The first-order valence-electron chi connectivity index (χ1n) is 7.85. The topological polar surface area (TPSA) is 64.7 Å². The number of carbonyl (C=O) groups is 2. The predicted molar refractivity (Wildman–Crippen MR) is 82.0 cm³/mol. The van der Waals surface area contributed by atoms with Crippen molar-refractivity contribution < 1.29 is 9.59 Å². The Kier molecular flexibility index (Phi) is 4.76. The molecule has 6 nitrogen and oxygen atoms in total. The maximum atomic E-state index is 12.3. The molecule has 21 heavy (non-hydrogen) atoms. The van der Waals surface area contributed by atoms with Gasteiger partial charge < -0.3 is 20.4 Å². The van der Waals surface area contributed by atoms with E-state index in [-0.39, 0.29) is 17.4 Å². The Labute approximate surface area is 127 Å². The van der Waals surface area contributed by atoms with Gasteiger partial charge in [-0.05, 0) is 38.8 Å². The summed E-state index contributed by atoms with van der Waals surface area (Å²) in [6, 6.07) is -0.188. The Morgan fingerprint density at radius 1 is 1.43 bits per heavy atom. The van der Waals surface area contributed by atoms with Crippen molar-refractivity contribution in [3.05, 3.63) is 0 Å². The lowest BCUT2D eigenvalue weighted by Crippen LogP contribution is -2.60. The molecule has 2 aliphatic rings. The van der Waals surface area contributed by atoms with Gasteiger partial charge in [0, 0.05) is 25.7 Å². The standard InChI is InChI=1S/C15H28N4O2/c1-11-13(20)16-7-9-19(11)14(21)17-10-12-15(2,3)6-5-8-18(12)4/h11-12H,5-10H2,1-4H3,(H,16,20)(H,17,21). The van der Waals surface area contributed by atoms with Gasteiger partial charge >= 0.3 is 6.03 Å². The molecule has 6 heteroatoms. The highest BCUT2D eigenvalue weighted by molar-refractivity contribution is 5.87. The number of hydrogen-bond donors (Lipinski definition) is 2. The average molecular weight is 296 g/mol. The van der Waals surface area contributed by atoms with Crippen LogP contribution in [-0.2, 0) is 4.79 Å². The molecule has 120 valence electrons. The van der Waals surface area contributed by atoms with Crippen LogP contribution < -0.4 is 10.6 Å². The van der Waals surface area contributed by atoms with Gasteiger partial charge in [-0.2, -0.15) is 0 Å². The fourth-order valence-corrected chi connectivity index (χ4v) is 3.48. The number of rotatable bonds is 2. The van der Waals surface area contributed by atoms with Crippen molar-refractivity contribution >= 4 is 11.9 Å². The van der Waals surface area contributed by atoms with E-state index < -0.39 is 6.04 Å². The molecule has 2 saturated heterocycles. The van der Waals surface area contributed by atoms with Crippen molar-refractivity contribution in [3.8, 4) is 0 Å². The predicted octanol–water partition coefficient (Wildman–Crippen LogP) is 0.637. The first-order valence-corrected chi connectivity index (χ1v) is 7.85. The van der Waals surface area contributed by atoms with E-state index in [1.54, 1.807) is 11.8 Å². The number of amides is 3. The Balaban J connectivity index is 1.92. The second kappa shape index (κ2) is 6.22. The molecule has 3 amide bonds. The van der Waals surface area contributed by atoms with Crippen LogP contribution >= 0.6 is 0 Å². The zero-order chi connectivity index (χ0) is 15.6. The van der Waals surface area contributed by atoms with Crippen LogP contribution in [0, 0.1) is 5.41 Å². The van der Waals surface area contributed by atoms with E-state index in [1.807, 2.05) is 0 Å². The SMILES string of the molecule is CC1C(=O)NCCN1C(=O)NCC1N(C)CCCC1(C)C. The number of urea groups is 1. The summed E-state index contributed by atoms with van der Waals surface area (Å²) in [6.45, 7) is 9.10. The summed E-state index contributed by atoms with van der Waals surface area (Å²) >= 11 is 0. The Bertz CT molecular complexity index is 410. The van der Waals surface area contributed by atoms with Crippen LogP contribution in [0.25, 0.3) is 0 Å². The van der Waals surface area contributed by atoms with Gasteiger partial charge in [-0.15, -0.1) is 0 Å². The third kappa shape index (κ3) is 3.48. The summed E-state index contributed by atoms with van der Waals surface area (Å²) in [4.78, 5) is 27.9. The fraction of sp³-hybridized carbons (Fsp3) is 0.867. The van der Waals surface area contributed by atoms with E-state index in [2.05, 4.69) is 36.4 Å². The number of nitrogens with one attached hydrogen (secondary N) is 2. The van der Waals surface area contributed by atoms with Crippen LogP contribution in [-0.4, -0.2) is 67.0 Å². The highest BCUT2D eigenvalue weighted by Gasteiger charge is 2.36. The number of likely N-dealkylation sites (tertiary alicyclic amines) is 1. The second-order valence-electron chi connectivity index (χ2n) is 6.93. The van der Waals surface area contributed by atoms with Gasteiger partial charge in [0.25, 0.3) is 0 Å². The lowest BCUT2D eigenvalue weighted by atomic mass is 9.76. The van der Waals surface area contributed by atoms with Gasteiger partial charge in [-0.3, -0.25) is 4.79 Å². The summed E-state index contributed by atoms with van der Waals surface area (Å²) in [6.07, 6.45) is 2.39. The number of hydrogen-bond acceptors (Lipinski definition) is 3. The van der Waals surface area contributed by atoms with Gasteiger partial charge in [0.05, 0.1) is 0 Å². The van der Waals surface area contributed by atoms with Crippen LogP contribution in [0.4, 0.5) is 4.79 Å². The number of carbonyl (C=O) groups excluding carboxylic acids is 2. The summed E-state index contributed by atoms with van der Waals surface area (Å²) in [5.41, 5.74) is 0.200. The van der Waals surface area contributed by atoms with Gasteiger partial charge in [0.1, 0.15) is 6.04 Å². The lowest BCUT2D eigenvalue weighted by Gasteiger charge is -2.45. The van der Waals surface area contributed by atoms with Gasteiger partial charge in [-0.1, -0.05) is 13.8 Å². The van der Waals surface area contributed by atoms with E-state index in [4.69, 9.17) is 0 Å². The summed E-state index contributed by atoms with van der Waals surface area (Å²) in [5.74, 6) is -0.0773. The summed E-state index contributed by atoms with van der Waals surface area (Å²) in [7, 11) is 2.12. The maximum absolute atomic E-state index is 12.3. The van der Waals surface area contributed by atoms with Gasteiger partial charge in [0.2, 0.25) is 5.91 Å². The molecule has 0 radical (unpaired) electrons. The highest BCUT2D eigenvalue weighted by atomic mass is 16.2. The normalized spacial score (nSPS) is 29.9. The minimum Gasteiger partial charge on any atom is -0.353 e. The quantitative estimate of drug-likeness (QED) is 0.786. The van der Waals surface area contributed by atoms with E-state index in [0.717, 1.165) is 6.54 Å². The molecule has 0 aromatic carbocycles. The number of likely N-dealkylation sites (N-methyl/N-ethyl adjacent to an activating group) is 1. The van der Waals surface area contributed by atoms with Crippen molar-refractivity contribution in [2.75, 3.05) is 33.2 Å². The minimum absolute atomic E-state index is 0.0773. The molecule has 0 spiro atoms. The van der Waals surface area contributed by atoms with E-state index in [9.17, 15) is 9.59 Å². The van der Waals surface area contributed by atoms with Crippen LogP contribution in [0.1, 0.15) is 33.6 Å². The minimum atomic E-state index is -0.393. The highest BCUT2D eigenvalue weighted by Crippen LogP contribution is 2.33. The maximum Gasteiger partial charge on any atom is 0.318 e. The molecule has 2 atom stereocenters. The number of nitrogens with zero attached hydrogens (tertiary/aromatic N) is 2. The molecule has 2 fully saturated rings. The third-order valence-electron chi connectivity index (χ3n) is 4.97. The monoisotopic (exact) mass is 296 g/mol. The van der Waals surface area contributed by atoms with Gasteiger partial charge in [0.15, 0.2) is 0 Å². The van der Waals surface area contributed by atoms with Crippen molar-refractivity contribution in [1.82, 2.24) is 20.4 Å². The largest absolute Gasteiger partial charge is 0.353 e. The Morgan fingerprint density at radius 3 is 2.81 bits per heavy atom. The molecule has 2 N–H and O–H groups in total. The summed E-state index contributed by atoms with van der Waals surface area (Å²) < 4.78 is 0. The zero-order valence-electron chi connectivity index (χ0n) is 13.6. The smallest absolute Gasteiger partial charge is 0.318 e. The number of piperazine rings is 1. The molecule has 2 unspecified atom stereocenters. The van der Waals surface area contributed by atoms with Crippen molar-refractivity contribution in [2.45, 2.75) is 45.7 Å². The van der Waals surface area contributed by atoms with Crippen LogP contribution in [0.3, 0.4) is 0 Å². The molecular weight excluding hydrogens is 268 g/mol. The Morgan fingerprint density at radius 2 is 2.14 bits per heavy atom. The lowest BCUT2D eigenvalue weighted by molar-refractivity contribution is -0.126. The van der Waals surface area contributed by atoms with Gasteiger partial charge in [-0.25, -0.2) is 4.79 Å². The fourth-order valence-electron chi connectivity index (χ4n) is 3.48. The van der Waals surface area contributed by atoms with E-state index in [1.165, 1.54) is 12.8 Å². The van der Waals surface area contributed by atoms with Crippen LogP contribution in [0.15, 0.2) is 0 Å². The molecule has 0 bridgehead atoms. The van der Waals surface area contributed by atoms with E-state index >= 15 is 0 Å². The Hall–Kier alpha value is -1.30. The summed E-state index contributed by atoms with van der Waals surface area (Å²) in [5, 5.41) is 5.80. The molecule has 2 aliphatic heterocycles. The van der Waals surface area contributed by atoms with Crippen molar-refractivity contribution in [1.29, 1.82) is 0 Å². The average Bonchev–Trinajstić information content (AvgIpc) is 2.40. The second-order valence-corrected chi connectivity index (χ2v) is 6.93. The molecule has 0 aromatic heterocycles. The molecule has 2 heterocycles.